The molecule has 0 saturated carbocycles. The minimum atomic E-state index is -0.238. The van der Waals surface area contributed by atoms with E-state index in [9.17, 15) is 4.39 Å². The molecule has 1 aromatic heterocycles. The number of anilines is 1. The Labute approximate surface area is 202 Å². The van der Waals surface area contributed by atoms with Crippen LogP contribution >= 0.6 is 11.3 Å². The highest BCUT2D eigenvalue weighted by molar-refractivity contribution is 7.22. The number of aryl methyl sites for hydroxylation is 1. The average Bonchev–Trinajstić information content (AvgIpc) is 3.26. The van der Waals surface area contributed by atoms with E-state index >= 15 is 0 Å². The van der Waals surface area contributed by atoms with E-state index in [1.807, 2.05) is 30.3 Å². The number of aromatic nitrogens is 1. The molecule has 0 radical (unpaired) electrons. The van der Waals surface area contributed by atoms with Crippen LogP contribution in [-0.4, -0.2) is 17.1 Å². The van der Waals surface area contributed by atoms with E-state index in [4.69, 9.17) is 9.47 Å². The fourth-order valence-electron chi connectivity index (χ4n) is 4.19. The molecule has 0 bridgehead atoms. The SMILES string of the molecule is CC1(CCCNNc2nc3ccccc3s2)CCc2cc(OCc3ccc(F)cc3)ccc2O1. The highest BCUT2D eigenvalue weighted by Crippen LogP contribution is 2.37. The first-order valence-electron chi connectivity index (χ1n) is 11.6. The maximum absolute atomic E-state index is 13.1. The molecule has 1 unspecified atom stereocenters. The summed E-state index contributed by atoms with van der Waals surface area (Å²) in [6.07, 6.45) is 3.87. The van der Waals surface area contributed by atoms with Gasteiger partial charge in [0.25, 0.3) is 0 Å². The number of hydrogen-bond donors (Lipinski definition) is 2. The first kappa shape index (κ1) is 22.6. The number of hydrogen-bond acceptors (Lipinski definition) is 6. The Balaban J connectivity index is 1.08. The molecule has 34 heavy (non-hydrogen) atoms. The van der Waals surface area contributed by atoms with E-state index in [-0.39, 0.29) is 11.4 Å². The third-order valence-corrected chi connectivity index (χ3v) is 7.08. The van der Waals surface area contributed by atoms with E-state index in [2.05, 4.69) is 34.9 Å². The van der Waals surface area contributed by atoms with Gasteiger partial charge in [0.1, 0.15) is 29.5 Å². The fraction of sp³-hybridized carbons (Fsp3) is 0.296. The number of rotatable bonds is 9. The van der Waals surface area contributed by atoms with Gasteiger partial charge in [-0.3, -0.25) is 5.43 Å². The van der Waals surface area contributed by atoms with Crippen molar-refractivity contribution < 1.29 is 13.9 Å². The van der Waals surface area contributed by atoms with Crippen molar-refractivity contribution in [2.75, 3.05) is 12.0 Å². The molecule has 3 aromatic carbocycles. The van der Waals surface area contributed by atoms with Crippen LogP contribution in [0.4, 0.5) is 9.52 Å². The van der Waals surface area contributed by atoms with Crippen LogP contribution in [0.25, 0.3) is 10.2 Å². The molecular formula is C27H28FN3O2S. The van der Waals surface area contributed by atoms with Crippen LogP contribution in [0.3, 0.4) is 0 Å². The summed E-state index contributed by atoms with van der Waals surface area (Å²) in [4.78, 5) is 4.57. The van der Waals surface area contributed by atoms with Crippen LogP contribution in [0.2, 0.25) is 0 Å². The molecule has 0 spiro atoms. The first-order chi connectivity index (χ1) is 16.6. The summed E-state index contributed by atoms with van der Waals surface area (Å²) >= 11 is 1.64. The Morgan fingerprint density at radius 3 is 2.82 bits per heavy atom. The second-order valence-electron chi connectivity index (χ2n) is 8.88. The molecule has 5 nitrogen and oxygen atoms in total. The molecule has 1 aliphatic heterocycles. The molecule has 5 rings (SSSR count). The van der Waals surface area contributed by atoms with Gasteiger partial charge in [0.15, 0.2) is 5.13 Å². The predicted octanol–water partition coefficient (Wildman–Crippen LogP) is 6.50. The first-order valence-corrected chi connectivity index (χ1v) is 12.4. The highest BCUT2D eigenvalue weighted by Gasteiger charge is 2.31. The quantitative estimate of drug-likeness (QED) is 0.213. The third-order valence-electron chi connectivity index (χ3n) is 6.13. The highest BCUT2D eigenvalue weighted by atomic mass is 32.1. The van der Waals surface area contributed by atoms with E-state index < -0.39 is 0 Å². The lowest BCUT2D eigenvalue weighted by molar-refractivity contribution is 0.0542. The summed E-state index contributed by atoms with van der Waals surface area (Å²) in [6, 6.07) is 20.5. The van der Waals surface area contributed by atoms with Gasteiger partial charge < -0.3 is 9.47 Å². The Kier molecular flexibility index (Phi) is 6.65. The molecule has 0 saturated heterocycles. The molecule has 176 valence electrons. The van der Waals surface area contributed by atoms with Gasteiger partial charge in [-0.2, -0.15) is 0 Å². The number of nitrogens with zero attached hydrogens (tertiary/aromatic N) is 1. The second-order valence-corrected chi connectivity index (χ2v) is 9.91. The van der Waals surface area contributed by atoms with Crippen LogP contribution in [0.5, 0.6) is 11.5 Å². The Morgan fingerprint density at radius 1 is 1.12 bits per heavy atom. The van der Waals surface area contributed by atoms with Crippen LogP contribution in [0, 0.1) is 5.82 Å². The Bertz CT molecular complexity index is 1230. The van der Waals surface area contributed by atoms with Crippen molar-refractivity contribution in [2.45, 2.75) is 44.8 Å². The number of nitrogens with one attached hydrogen (secondary N) is 2. The largest absolute Gasteiger partial charge is 0.489 e. The zero-order chi connectivity index (χ0) is 23.4. The summed E-state index contributed by atoms with van der Waals surface area (Å²) in [7, 11) is 0. The van der Waals surface area contributed by atoms with Crippen LogP contribution in [-0.2, 0) is 13.0 Å². The topological polar surface area (TPSA) is 55.4 Å². The van der Waals surface area contributed by atoms with Gasteiger partial charge in [-0.1, -0.05) is 35.6 Å². The fourth-order valence-corrected chi connectivity index (χ4v) is 5.03. The van der Waals surface area contributed by atoms with E-state index in [1.54, 1.807) is 23.5 Å². The maximum atomic E-state index is 13.1. The molecule has 0 amide bonds. The lowest BCUT2D eigenvalue weighted by atomic mass is 9.89. The smallest absolute Gasteiger partial charge is 0.198 e. The lowest BCUT2D eigenvalue weighted by Crippen LogP contribution is -2.37. The van der Waals surface area contributed by atoms with Crippen LogP contribution < -0.4 is 20.3 Å². The zero-order valence-electron chi connectivity index (χ0n) is 19.1. The van der Waals surface area contributed by atoms with Gasteiger partial charge in [0.05, 0.1) is 10.2 Å². The molecule has 4 aromatic rings. The Morgan fingerprint density at radius 2 is 1.97 bits per heavy atom. The number of fused-ring (bicyclic) bond motifs is 2. The Hall–Kier alpha value is -3.16. The molecule has 0 aliphatic carbocycles. The van der Waals surface area contributed by atoms with E-state index in [0.717, 1.165) is 59.9 Å². The minimum Gasteiger partial charge on any atom is -0.489 e. The number of hydrazine groups is 1. The molecule has 1 aliphatic rings. The van der Waals surface area contributed by atoms with E-state index in [1.165, 1.54) is 22.4 Å². The standard InChI is InChI=1S/C27H28FN3O2S/c1-27(14-4-16-29-31-26-30-23-5-2-3-6-25(23)34-26)15-13-20-17-22(11-12-24(20)33-27)32-18-19-7-9-21(28)10-8-19/h2-3,5-12,17,29H,4,13-16,18H2,1H3,(H,30,31). The molecule has 1 atom stereocenters. The summed E-state index contributed by atoms with van der Waals surface area (Å²) in [5.41, 5.74) is 9.45. The summed E-state index contributed by atoms with van der Waals surface area (Å²) in [6.45, 7) is 3.43. The minimum absolute atomic E-state index is 0.180. The second kappa shape index (κ2) is 9.99. The predicted molar refractivity (Wildman–Crippen MR) is 135 cm³/mol. The van der Waals surface area contributed by atoms with Crippen molar-refractivity contribution in [1.82, 2.24) is 10.4 Å². The van der Waals surface area contributed by atoms with Crippen LogP contribution in [0.1, 0.15) is 37.3 Å². The molecule has 7 heteroatoms. The van der Waals surface area contributed by atoms with Crippen molar-refractivity contribution >= 4 is 26.7 Å². The van der Waals surface area contributed by atoms with Gasteiger partial charge in [-0.15, -0.1) is 0 Å². The molecule has 0 fully saturated rings. The average molecular weight is 478 g/mol. The summed E-state index contributed by atoms with van der Waals surface area (Å²) in [5, 5.41) is 0.882. The van der Waals surface area contributed by atoms with Gasteiger partial charge in [0, 0.05) is 6.54 Å². The normalized spacial score (nSPS) is 17.2. The van der Waals surface area contributed by atoms with Crippen LogP contribution in [0.15, 0.2) is 66.7 Å². The molecule has 2 heterocycles. The maximum Gasteiger partial charge on any atom is 0.198 e. The number of ether oxygens (including phenoxy) is 2. The zero-order valence-corrected chi connectivity index (χ0v) is 20.0. The van der Waals surface area contributed by atoms with Gasteiger partial charge in [-0.25, -0.2) is 14.8 Å². The summed E-state index contributed by atoms with van der Waals surface area (Å²) < 4.78 is 26.5. The number of halogens is 1. The van der Waals surface area contributed by atoms with Crippen molar-refractivity contribution in [3.05, 3.63) is 83.7 Å². The van der Waals surface area contributed by atoms with Crippen molar-refractivity contribution in [3.63, 3.8) is 0 Å². The monoisotopic (exact) mass is 477 g/mol. The number of thiazole rings is 1. The summed E-state index contributed by atoms with van der Waals surface area (Å²) in [5.74, 6) is 1.50. The third kappa shape index (κ3) is 5.48. The van der Waals surface area contributed by atoms with Gasteiger partial charge in [0.2, 0.25) is 0 Å². The lowest BCUT2D eigenvalue weighted by Gasteiger charge is -2.36. The molecule has 2 N–H and O–H groups in total. The number of benzene rings is 3. The van der Waals surface area contributed by atoms with Crippen molar-refractivity contribution in [3.8, 4) is 11.5 Å². The number of para-hydroxylation sites is 1. The van der Waals surface area contributed by atoms with Crippen molar-refractivity contribution in [2.24, 2.45) is 0 Å². The van der Waals surface area contributed by atoms with E-state index in [0.29, 0.717) is 6.61 Å². The van der Waals surface area contributed by atoms with Gasteiger partial charge in [-0.05, 0) is 86.2 Å². The van der Waals surface area contributed by atoms with Gasteiger partial charge >= 0.3 is 0 Å². The van der Waals surface area contributed by atoms with Crippen molar-refractivity contribution in [1.29, 1.82) is 0 Å². The molecular weight excluding hydrogens is 449 g/mol.